The van der Waals surface area contributed by atoms with Crippen LogP contribution in [0.4, 0.5) is 0 Å². The molecule has 1 saturated heterocycles. The van der Waals surface area contributed by atoms with Crippen LogP contribution in [0.3, 0.4) is 0 Å². The molecule has 1 aliphatic heterocycles. The molecule has 2 unspecified atom stereocenters. The number of hydrogen-bond donors (Lipinski definition) is 2. The summed E-state index contributed by atoms with van der Waals surface area (Å²) in [5.41, 5.74) is 3.92. The van der Waals surface area contributed by atoms with E-state index in [1.54, 1.807) is 6.20 Å². The van der Waals surface area contributed by atoms with E-state index in [4.69, 9.17) is 4.74 Å². The van der Waals surface area contributed by atoms with Gasteiger partial charge >= 0.3 is 7.12 Å². The molecule has 2 N–H and O–H groups in total. The van der Waals surface area contributed by atoms with Crippen molar-refractivity contribution < 1.29 is 14.8 Å². The van der Waals surface area contributed by atoms with Crippen LogP contribution in [0.5, 0.6) is 0 Å². The number of hydrogen-bond acceptors (Lipinski definition) is 4. The standard InChI is InChI=1S/C16H21BN2O3/c1-10-6-11-8-14-13(16(17(20)21)12(11)7-10)9-18-19(14)15-4-2-3-5-22-15/h8-10,15,20-21H,2-7H2,1H3. The SMILES string of the molecule is CC1Cc2cc3c(cnn3C3CCCCO3)c(B(O)O)c2C1. The number of benzene rings is 1. The lowest BCUT2D eigenvalue weighted by atomic mass is 9.74. The topological polar surface area (TPSA) is 67.5 Å². The van der Waals surface area contributed by atoms with Crippen molar-refractivity contribution in [2.45, 2.75) is 45.3 Å². The van der Waals surface area contributed by atoms with Crippen molar-refractivity contribution >= 4 is 23.5 Å². The van der Waals surface area contributed by atoms with Crippen LogP contribution < -0.4 is 5.46 Å². The maximum Gasteiger partial charge on any atom is 0.489 e. The van der Waals surface area contributed by atoms with Crippen LogP contribution >= 0.6 is 0 Å². The van der Waals surface area contributed by atoms with E-state index in [0.717, 1.165) is 55.2 Å². The van der Waals surface area contributed by atoms with E-state index in [1.807, 2.05) is 4.68 Å². The molecule has 5 nitrogen and oxygen atoms in total. The van der Waals surface area contributed by atoms with Gasteiger partial charge in [0, 0.05) is 12.0 Å². The summed E-state index contributed by atoms with van der Waals surface area (Å²) >= 11 is 0. The number of ether oxygens (including phenoxy) is 1. The van der Waals surface area contributed by atoms with Crippen LogP contribution in [0, 0.1) is 5.92 Å². The van der Waals surface area contributed by atoms with Gasteiger partial charge in [-0.25, -0.2) is 4.68 Å². The summed E-state index contributed by atoms with van der Waals surface area (Å²) in [7, 11) is -1.45. The van der Waals surface area contributed by atoms with E-state index in [-0.39, 0.29) is 6.23 Å². The zero-order valence-corrected chi connectivity index (χ0v) is 12.8. The molecule has 22 heavy (non-hydrogen) atoms. The molecule has 0 saturated carbocycles. The summed E-state index contributed by atoms with van der Waals surface area (Å²) in [6.07, 6.45) is 6.82. The summed E-state index contributed by atoms with van der Waals surface area (Å²) in [5, 5.41) is 25.1. The van der Waals surface area contributed by atoms with Gasteiger partial charge in [-0.15, -0.1) is 0 Å². The molecule has 1 aromatic heterocycles. The second kappa shape index (κ2) is 5.37. The Morgan fingerprint density at radius 1 is 1.32 bits per heavy atom. The lowest BCUT2D eigenvalue weighted by Gasteiger charge is -2.23. The molecule has 0 bridgehead atoms. The van der Waals surface area contributed by atoms with E-state index in [9.17, 15) is 10.0 Å². The van der Waals surface area contributed by atoms with Crippen LogP contribution in [0.1, 0.15) is 43.5 Å². The van der Waals surface area contributed by atoms with Gasteiger partial charge in [0.1, 0.15) is 0 Å². The zero-order chi connectivity index (χ0) is 15.3. The summed E-state index contributed by atoms with van der Waals surface area (Å²) in [6.45, 7) is 2.97. The van der Waals surface area contributed by atoms with E-state index >= 15 is 0 Å². The zero-order valence-electron chi connectivity index (χ0n) is 12.8. The van der Waals surface area contributed by atoms with Gasteiger partial charge in [-0.05, 0) is 60.7 Å². The van der Waals surface area contributed by atoms with Crippen LogP contribution in [0.15, 0.2) is 12.3 Å². The Morgan fingerprint density at radius 3 is 2.91 bits per heavy atom. The normalized spacial score (nSPS) is 24.7. The van der Waals surface area contributed by atoms with Crippen molar-refractivity contribution in [3.05, 3.63) is 23.4 Å². The minimum atomic E-state index is -1.45. The molecule has 116 valence electrons. The Morgan fingerprint density at radius 2 is 2.18 bits per heavy atom. The van der Waals surface area contributed by atoms with Gasteiger partial charge in [-0.2, -0.15) is 5.10 Å². The highest BCUT2D eigenvalue weighted by Crippen LogP contribution is 2.32. The average Bonchev–Trinajstić information content (AvgIpc) is 3.07. The fourth-order valence-electron chi connectivity index (χ4n) is 3.97. The Kier molecular flexibility index (Phi) is 3.48. The van der Waals surface area contributed by atoms with Gasteiger partial charge in [-0.3, -0.25) is 0 Å². The fourth-order valence-corrected chi connectivity index (χ4v) is 3.97. The van der Waals surface area contributed by atoms with Crippen LogP contribution in [-0.4, -0.2) is 33.6 Å². The third-order valence-electron chi connectivity index (χ3n) is 4.96. The van der Waals surface area contributed by atoms with Crippen molar-refractivity contribution in [2.24, 2.45) is 5.92 Å². The maximum absolute atomic E-state index is 9.88. The molecular formula is C16H21BN2O3. The first-order valence-corrected chi connectivity index (χ1v) is 8.14. The van der Waals surface area contributed by atoms with Crippen LogP contribution in [0.2, 0.25) is 0 Å². The number of nitrogens with zero attached hydrogens (tertiary/aromatic N) is 2. The number of rotatable bonds is 2. The van der Waals surface area contributed by atoms with Gasteiger partial charge in [0.25, 0.3) is 0 Å². The van der Waals surface area contributed by atoms with Crippen molar-refractivity contribution in [3.63, 3.8) is 0 Å². The van der Waals surface area contributed by atoms with Gasteiger partial charge in [0.15, 0.2) is 6.23 Å². The van der Waals surface area contributed by atoms with Crippen molar-refractivity contribution in [2.75, 3.05) is 6.61 Å². The molecule has 0 spiro atoms. The molecule has 2 heterocycles. The molecule has 2 aliphatic rings. The van der Waals surface area contributed by atoms with E-state index < -0.39 is 7.12 Å². The second-order valence-electron chi connectivity index (χ2n) is 6.66. The van der Waals surface area contributed by atoms with Crippen LogP contribution in [0.25, 0.3) is 10.9 Å². The Labute approximate surface area is 130 Å². The lowest BCUT2D eigenvalue weighted by Crippen LogP contribution is -2.34. The van der Waals surface area contributed by atoms with Crippen molar-refractivity contribution in [1.82, 2.24) is 9.78 Å². The smallest absolute Gasteiger partial charge is 0.423 e. The van der Waals surface area contributed by atoms with Crippen LogP contribution in [-0.2, 0) is 17.6 Å². The molecule has 1 aromatic carbocycles. The minimum Gasteiger partial charge on any atom is -0.423 e. The molecule has 2 aromatic rings. The summed E-state index contributed by atoms with van der Waals surface area (Å²) in [5.74, 6) is 0.548. The first-order valence-electron chi connectivity index (χ1n) is 8.14. The molecule has 0 radical (unpaired) electrons. The predicted molar refractivity (Wildman–Crippen MR) is 85.0 cm³/mol. The first kappa shape index (κ1) is 14.2. The molecule has 1 fully saturated rings. The highest BCUT2D eigenvalue weighted by molar-refractivity contribution is 6.62. The van der Waals surface area contributed by atoms with E-state index in [1.165, 1.54) is 5.56 Å². The third-order valence-corrected chi connectivity index (χ3v) is 4.96. The van der Waals surface area contributed by atoms with E-state index in [2.05, 4.69) is 18.1 Å². The van der Waals surface area contributed by atoms with Crippen molar-refractivity contribution in [3.8, 4) is 0 Å². The second-order valence-corrected chi connectivity index (χ2v) is 6.66. The molecule has 0 amide bonds. The monoisotopic (exact) mass is 300 g/mol. The highest BCUT2D eigenvalue weighted by Gasteiger charge is 2.30. The average molecular weight is 300 g/mol. The van der Waals surface area contributed by atoms with E-state index in [0.29, 0.717) is 11.4 Å². The fraction of sp³-hybridized carbons (Fsp3) is 0.562. The van der Waals surface area contributed by atoms with Gasteiger partial charge in [-0.1, -0.05) is 6.92 Å². The molecule has 6 heteroatoms. The number of aromatic nitrogens is 2. The molecule has 1 aliphatic carbocycles. The Hall–Kier alpha value is -1.37. The summed E-state index contributed by atoms with van der Waals surface area (Å²) in [4.78, 5) is 0. The number of fused-ring (bicyclic) bond motifs is 2. The van der Waals surface area contributed by atoms with Crippen molar-refractivity contribution in [1.29, 1.82) is 0 Å². The molecule has 4 rings (SSSR count). The lowest BCUT2D eigenvalue weighted by molar-refractivity contribution is -0.0366. The van der Waals surface area contributed by atoms with Gasteiger partial charge < -0.3 is 14.8 Å². The quantitative estimate of drug-likeness (QED) is 0.817. The van der Waals surface area contributed by atoms with Gasteiger partial charge in [0.2, 0.25) is 0 Å². The van der Waals surface area contributed by atoms with Gasteiger partial charge in [0.05, 0.1) is 11.7 Å². The largest absolute Gasteiger partial charge is 0.489 e. The molecule has 2 atom stereocenters. The minimum absolute atomic E-state index is 0.0354. The highest BCUT2D eigenvalue weighted by atomic mass is 16.5. The molecular weight excluding hydrogens is 279 g/mol. The summed E-state index contributed by atoms with van der Waals surface area (Å²) in [6, 6.07) is 2.17. The Bertz CT molecular complexity index is 707. The first-order chi connectivity index (χ1) is 10.6. The maximum atomic E-state index is 9.88. The summed E-state index contributed by atoms with van der Waals surface area (Å²) < 4.78 is 7.77. The third kappa shape index (κ3) is 2.17. The predicted octanol–water partition coefficient (Wildman–Crippen LogP) is 1.15. The Balaban J connectivity index is 1.89.